The van der Waals surface area contributed by atoms with Crippen LogP contribution in [0.25, 0.3) is 0 Å². The minimum atomic E-state index is -0.108. The summed E-state index contributed by atoms with van der Waals surface area (Å²) >= 11 is 1.60. The van der Waals surface area contributed by atoms with Crippen molar-refractivity contribution >= 4 is 23.2 Å². The van der Waals surface area contributed by atoms with Gasteiger partial charge in [0.25, 0.3) is 5.91 Å². The van der Waals surface area contributed by atoms with Gasteiger partial charge in [0.1, 0.15) is 12.4 Å². The highest BCUT2D eigenvalue weighted by Gasteiger charge is 2.30. The van der Waals surface area contributed by atoms with Crippen molar-refractivity contribution in [3.63, 3.8) is 0 Å². The number of carbonyl (C=O) groups excluding carboxylic acids is 2. The van der Waals surface area contributed by atoms with Crippen molar-refractivity contribution in [1.29, 1.82) is 0 Å². The Hall–Kier alpha value is -2.41. The van der Waals surface area contributed by atoms with Gasteiger partial charge in [-0.1, -0.05) is 19.3 Å². The van der Waals surface area contributed by atoms with Crippen LogP contribution in [0.5, 0.6) is 5.75 Å². The van der Waals surface area contributed by atoms with E-state index in [9.17, 15) is 9.59 Å². The molecule has 2 aliphatic rings. The Morgan fingerprint density at radius 3 is 2.61 bits per heavy atom. The van der Waals surface area contributed by atoms with Gasteiger partial charge in [-0.25, -0.2) is 4.98 Å². The van der Waals surface area contributed by atoms with E-state index >= 15 is 0 Å². The molecular formula is C24H31N3O3S. The Kier molecular flexibility index (Phi) is 7.22. The maximum atomic E-state index is 13.0. The predicted octanol–water partition coefficient (Wildman–Crippen LogP) is 4.33. The van der Waals surface area contributed by atoms with Crippen molar-refractivity contribution in [2.24, 2.45) is 5.92 Å². The normalized spacial score (nSPS) is 19.8. The molecule has 31 heavy (non-hydrogen) atoms. The van der Waals surface area contributed by atoms with Crippen LogP contribution in [0.3, 0.4) is 0 Å². The summed E-state index contributed by atoms with van der Waals surface area (Å²) in [4.78, 5) is 31.9. The lowest BCUT2D eigenvalue weighted by atomic mass is 9.93. The summed E-state index contributed by atoms with van der Waals surface area (Å²) in [5, 5.41) is 6.24. The number of piperidine rings is 1. The highest BCUT2D eigenvalue weighted by Crippen LogP contribution is 2.23. The van der Waals surface area contributed by atoms with Crippen LogP contribution in [-0.2, 0) is 11.4 Å². The van der Waals surface area contributed by atoms with Gasteiger partial charge < -0.3 is 15.0 Å². The van der Waals surface area contributed by atoms with Gasteiger partial charge in [-0.3, -0.25) is 9.59 Å². The molecule has 7 heteroatoms. The standard InChI is InChI=1S/C24H31N3O3S/c1-17-25-21(16-31-17)15-30-22-11-9-18(10-12-22)24(29)27-13-5-6-19(14-27)23(28)26-20-7-3-2-4-8-20/h9-12,16,19-20H,2-8,13-15H2,1H3,(H,26,28). The summed E-state index contributed by atoms with van der Waals surface area (Å²) < 4.78 is 5.77. The van der Waals surface area contributed by atoms with E-state index in [4.69, 9.17) is 4.74 Å². The smallest absolute Gasteiger partial charge is 0.253 e. The van der Waals surface area contributed by atoms with Crippen LogP contribution in [0.15, 0.2) is 29.6 Å². The summed E-state index contributed by atoms with van der Waals surface area (Å²) in [6.07, 6.45) is 7.54. The van der Waals surface area contributed by atoms with Gasteiger partial charge >= 0.3 is 0 Å². The van der Waals surface area contributed by atoms with Crippen molar-refractivity contribution in [1.82, 2.24) is 15.2 Å². The number of nitrogens with zero attached hydrogens (tertiary/aromatic N) is 2. The maximum absolute atomic E-state index is 13.0. The van der Waals surface area contributed by atoms with E-state index in [2.05, 4.69) is 10.3 Å². The van der Waals surface area contributed by atoms with Gasteiger partial charge in [0, 0.05) is 30.1 Å². The van der Waals surface area contributed by atoms with E-state index in [1.807, 2.05) is 29.3 Å². The lowest BCUT2D eigenvalue weighted by Gasteiger charge is -2.33. The number of hydrogen-bond acceptors (Lipinski definition) is 5. The van der Waals surface area contributed by atoms with Crippen LogP contribution in [0, 0.1) is 12.8 Å². The topological polar surface area (TPSA) is 71.5 Å². The lowest BCUT2D eigenvalue weighted by Crippen LogP contribution is -2.47. The molecule has 1 aromatic heterocycles. The first kappa shape index (κ1) is 21.8. The monoisotopic (exact) mass is 441 g/mol. The molecule has 1 aliphatic heterocycles. The molecule has 4 rings (SSSR count). The van der Waals surface area contributed by atoms with E-state index in [0.29, 0.717) is 37.1 Å². The number of rotatable bonds is 6. The van der Waals surface area contributed by atoms with E-state index < -0.39 is 0 Å². The Bertz CT molecular complexity index is 890. The van der Waals surface area contributed by atoms with Crippen LogP contribution in [-0.4, -0.2) is 40.8 Å². The van der Waals surface area contributed by atoms with E-state index in [1.54, 1.807) is 23.5 Å². The first-order chi connectivity index (χ1) is 15.1. The predicted molar refractivity (Wildman–Crippen MR) is 121 cm³/mol. The largest absolute Gasteiger partial charge is 0.487 e. The second-order valence-corrected chi connectivity index (χ2v) is 9.67. The number of amides is 2. The SMILES string of the molecule is Cc1nc(COc2ccc(C(=O)N3CCCC(C(=O)NC4CCCCC4)C3)cc2)cs1. The molecule has 2 aromatic rings. The molecule has 166 valence electrons. The molecule has 1 atom stereocenters. The summed E-state index contributed by atoms with van der Waals surface area (Å²) in [6.45, 7) is 3.59. The minimum Gasteiger partial charge on any atom is -0.487 e. The summed E-state index contributed by atoms with van der Waals surface area (Å²) in [5.41, 5.74) is 1.54. The number of aryl methyl sites for hydroxylation is 1. The van der Waals surface area contributed by atoms with Crippen molar-refractivity contribution in [2.75, 3.05) is 13.1 Å². The van der Waals surface area contributed by atoms with Gasteiger partial charge in [0.05, 0.1) is 16.6 Å². The second kappa shape index (κ2) is 10.3. The Morgan fingerprint density at radius 1 is 1.13 bits per heavy atom. The van der Waals surface area contributed by atoms with Crippen molar-refractivity contribution in [2.45, 2.75) is 64.5 Å². The molecular weight excluding hydrogens is 410 g/mol. The van der Waals surface area contributed by atoms with Crippen molar-refractivity contribution < 1.29 is 14.3 Å². The first-order valence-electron chi connectivity index (χ1n) is 11.3. The third-order valence-electron chi connectivity index (χ3n) is 6.19. The average molecular weight is 442 g/mol. The molecule has 1 saturated heterocycles. The number of nitrogens with one attached hydrogen (secondary N) is 1. The third kappa shape index (κ3) is 5.85. The quantitative estimate of drug-likeness (QED) is 0.724. The molecule has 1 aromatic carbocycles. The van der Waals surface area contributed by atoms with E-state index in [1.165, 1.54) is 19.3 Å². The number of thiazole rings is 1. The average Bonchev–Trinajstić information content (AvgIpc) is 3.23. The van der Waals surface area contributed by atoms with Crippen LogP contribution in [0.4, 0.5) is 0 Å². The van der Waals surface area contributed by atoms with Crippen molar-refractivity contribution in [3.05, 3.63) is 45.9 Å². The minimum absolute atomic E-state index is 0.0168. The maximum Gasteiger partial charge on any atom is 0.253 e. The third-order valence-corrected chi connectivity index (χ3v) is 7.01. The van der Waals surface area contributed by atoms with Gasteiger partial charge in [-0.15, -0.1) is 11.3 Å². The van der Waals surface area contributed by atoms with Gasteiger partial charge in [-0.05, 0) is 56.9 Å². The molecule has 1 N–H and O–H groups in total. The zero-order valence-electron chi connectivity index (χ0n) is 18.1. The molecule has 6 nitrogen and oxygen atoms in total. The number of likely N-dealkylation sites (tertiary alicyclic amines) is 1. The lowest BCUT2D eigenvalue weighted by molar-refractivity contribution is -0.127. The second-order valence-electron chi connectivity index (χ2n) is 8.60. The molecule has 0 radical (unpaired) electrons. The van der Waals surface area contributed by atoms with Gasteiger partial charge in [0.15, 0.2) is 0 Å². The molecule has 1 saturated carbocycles. The summed E-state index contributed by atoms with van der Waals surface area (Å²) in [5.74, 6) is 0.705. The van der Waals surface area contributed by atoms with E-state index in [-0.39, 0.29) is 17.7 Å². The number of benzene rings is 1. The highest BCUT2D eigenvalue weighted by molar-refractivity contribution is 7.09. The number of ether oxygens (including phenoxy) is 1. The molecule has 1 unspecified atom stereocenters. The Labute approximate surface area is 188 Å². The highest BCUT2D eigenvalue weighted by atomic mass is 32.1. The first-order valence-corrected chi connectivity index (χ1v) is 12.2. The Morgan fingerprint density at radius 2 is 1.90 bits per heavy atom. The van der Waals surface area contributed by atoms with Gasteiger partial charge in [-0.2, -0.15) is 0 Å². The molecule has 0 bridgehead atoms. The fourth-order valence-electron chi connectivity index (χ4n) is 4.45. The zero-order chi connectivity index (χ0) is 21.6. The molecule has 0 spiro atoms. The molecule has 2 fully saturated rings. The fourth-order valence-corrected chi connectivity index (χ4v) is 5.05. The summed E-state index contributed by atoms with van der Waals surface area (Å²) in [7, 11) is 0. The molecule has 2 heterocycles. The van der Waals surface area contributed by atoms with Crippen LogP contribution in [0.2, 0.25) is 0 Å². The van der Waals surface area contributed by atoms with E-state index in [0.717, 1.165) is 36.4 Å². The zero-order valence-corrected chi connectivity index (χ0v) is 19.0. The Balaban J connectivity index is 1.30. The van der Waals surface area contributed by atoms with Crippen molar-refractivity contribution in [3.8, 4) is 5.75 Å². The summed E-state index contributed by atoms with van der Waals surface area (Å²) in [6, 6.07) is 7.56. The number of aromatic nitrogens is 1. The molecule has 1 aliphatic carbocycles. The van der Waals surface area contributed by atoms with Crippen LogP contribution >= 0.6 is 11.3 Å². The van der Waals surface area contributed by atoms with Crippen LogP contribution in [0.1, 0.15) is 66.0 Å². The molecule has 2 amide bonds. The number of carbonyl (C=O) groups is 2. The number of hydrogen-bond donors (Lipinski definition) is 1. The van der Waals surface area contributed by atoms with Crippen LogP contribution < -0.4 is 10.1 Å². The van der Waals surface area contributed by atoms with Gasteiger partial charge in [0.2, 0.25) is 5.91 Å². The fraction of sp³-hybridized carbons (Fsp3) is 0.542.